The van der Waals surface area contributed by atoms with Crippen LogP contribution < -0.4 is 4.72 Å². The third kappa shape index (κ3) is 8.21. The SMILES string of the molecule is C=CCN(CCCN(O)CCC)C(=O)CC1C=CC=C(S(=O)(=O)NC)C=C1. The van der Waals surface area contributed by atoms with Crippen molar-refractivity contribution in [2.45, 2.75) is 26.2 Å². The summed E-state index contributed by atoms with van der Waals surface area (Å²) in [6.45, 7) is 7.78. The quantitative estimate of drug-likeness (QED) is 0.389. The lowest BCUT2D eigenvalue weighted by molar-refractivity contribution is -0.132. The number of hydroxylamine groups is 2. The zero-order chi connectivity index (χ0) is 20.3. The van der Waals surface area contributed by atoms with Gasteiger partial charge in [0.25, 0.3) is 0 Å². The van der Waals surface area contributed by atoms with Crippen molar-refractivity contribution in [3.63, 3.8) is 0 Å². The molecule has 1 rings (SSSR count). The van der Waals surface area contributed by atoms with E-state index >= 15 is 0 Å². The first-order valence-corrected chi connectivity index (χ1v) is 10.6. The van der Waals surface area contributed by atoms with Crippen molar-refractivity contribution < 1.29 is 18.4 Å². The second-order valence-corrected chi connectivity index (χ2v) is 8.21. The van der Waals surface area contributed by atoms with Gasteiger partial charge in [-0.3, -0.25) is 4.79 Å². The molecule has 0 spiro atoms. The van der Waals surface area contributed by atoms with E-state index < -0.39 is 10.0 Å². The predicted molar refractivity (Wildman–Crippen MR) is 107 cm³/mol. The Balaban J connectivity index is 2.63. The molecule has 0 fully saturated rings. The van der Waals surface area contributed by atoms with Crippen LogP contribution in [0.2, 0.25) is 0 Å². The van der Waals surface area contributed by atoms with Gasteiger partial charge in [-0.2, -0.15) is 5.06 Å². The molecule has 1 aliphatic rings. The van der Waals surface area contributed by atoms with Crippen LogP contribution in [-0.4, -0.2) is 62.7 Å². The van der Waals surface area contributed by atoms with E-state index in [-0.39, 0.29) is 23.2 Å². The number of rotatable bonds is 12. The van der Waals surface area contributed by atoms with Gasteiger partial charge in [-0.25, -0.2) is 13.1 Å². The zero-order valence-electron chi connectivity index (χ0n) is 16.2. The Kier molecular flexibility index (Phi) is 10.2. The van der Waals surface area contributed by atoms with E-state index in [0.717, 1.165) is 6.42 Å². The summed E-state index contributed by atoms with van der Waals surface area (Å²) in [6, 6.07) is 0. The molecule has 1 unspecified atom stereocenters. The summed E-state index contributed by atoms with van der Waals surface area (Å²) >= 11 is 0. The molecule has 1 atom stereocenters. The van der Waals surface area contributed by atoms with E-state index in [1.54, 1.807) is 23.1 Å². The number of amides is 1. The number of hydrogen-bond donors (Lipinski definition) is 2. The van der Waals surface area contributed by atoms with Gasteiger partial charge in [0.05, 0.1) is 4.91 Å². The van der Waals surface area contributed by atoms with E-state index in [2.05, 4.69) is 11.3 Å². The van der Waals surface area contributed by atoms with Crippen molar-refractivity contribution in [2.24, 2.45) is 5.92 Å². The Labute approximate surface area is 162 Å². The van der Waals surface area contributed by atoms with Crippen LogP contribution in [0.1, 0.15) is 26.2 Å². The summed E-state index contributed by atoms with van der Waals surface area (Å²) in [5.41, 5.74) is 0. The second-order valence-electron chi connectivity index (χ2n) is 6.32. The highest BCUT2D eigenvalue weighted by Gasteiger charge is 2.18. The van der Waals surface area contributed by atoms with Crippen LogP contribution in [0.25, 0.3) is 0 Å². The number of hydrogen-bond acceptors (Lipinski definition) is 5. The van der Waals surface area contributed by atoms with E-state index in [1.807, 2.05) is 13.0 Å². The van der Waals surface area contributed by atoms with Gasteiger partial charge in [0, 0.05) is 38.5 Å². The van der Waals surface area contributed by atoms with E-state index in [4.69, 9.17) is 0 Å². The van der Waals surface area contributed by atoms with Crippen molar-refractivity contribution in [1.29, 1.82) is 0 Å². The van der Waals surface area contributed by atoms with Crippen LogP contribution >= 0.6 is 0 Å². The monoisotopic (exact) mass is 397 g/mol. The minimum absolute atomic E-state index is 0.0332. The van der Waals surface area contributed by atoms with Crippen molar-refractivity contribution in [3.05, 3.63) is 47.9 Å². The van der Waals surface area contributed by atoms with Gasteiger partial charge in [0.2, 0.25) is 15.9 Å². The molecule has 27 heavy (non-hydrogen) atoms. The highest BCUT2D eigenvalue weighted by molar-refractivity contribution is 7.93. The average Bonchev–Trinajstić information content (AvgIpc) is 2.87. The van der Waals surface area contributed by atoms with E-state index in [1.165, 1.54) is 24.3 Å². The summed E-state index contributed by atoms with van der Waals surface area (Å²) in [4.78, 5) is 14.5. The molecule has 0 aliphatic heterocycles. The van der Waals surface area contributed by atoms with Crippen LogP contribution in [0, 0.1) is 5.92 Å². The number of allylic oxidation sites excluding steroid dienone is 5. The number of carbonyl (C=O) groups is 1. The molecule has 7 nitrogen and oxygen atoms in total. The second kappa shape index (κ2) is 11.9. The molecule has 1 amide bonds. The van der Waals surface area contributed by atoms with Crippen molar-refractivity contribution in [1.82, 2.24) is 14.7 Å². The van der Waals surface area contributed by atoms with Gasteiger partial charge in [-0.15, -0.1) is 6.58 Å². The lowest BCUT2D eigenvalue weighted by Gasteiger charge is -2.23. The summed E-state index contributed by atoms with van der Waals surface area (Å²) in [5.74, 6) is -0.214. The van der Waals surface area contributed by atoms with Gasteiger partial charge in [-0.1, -0.05) is 31.2 Å². The number of nitrogens with one attached hydrogen (secondary N) is 1. The standard InChI is InChI=1S/C19H31N3O4S/c1-4-12-21(14-7-15-22(24)13-5-2)19(23)16-17-8-6-9-18(11-10-17)27(25,26)20-3/h4,6,8-11,17,20,24H,1,5,7,12-16H2,2-3H3. The highest BCUT2D eigenvalue weighted by Crippen LogP contribution is 2.18. The van der Waals surface area contributed by atoms with Gasteiger partial charge in [-0.05, 0) is 32.0 Å². The Morgan fingerprint density at radius 1 is 1.33 bits per heavy atom. The zero-order valence-corrected chi connectivity index (χ0v) is 17.0. The third-order valence-electron chi connectivity index (χ3n) is 4.14. The lowest BCUT2D eigenvalue weighted by Crippen LogP contribution is -2.35. The van der Waals surface area contributed by atoms with Crippen LogP contribution in [0.15, 0.2) is 47.9 Å². The molecule has 0 heterocycles. The predicted octanol–water partition coefficient (Wildman–Crippen LogP) is 2.06. The minimum Gasteiger partial charge on any atom is -0.339 e. The van der Waals surface area contributed by atoms with Crippen LogP contribution in [0.3, 0.4) is 0 Å². The Bertz CT molecular complexity index is 683. The summed E-state index contributed by atoms with van der Waals surface area (Å²) in [5, 5.41) is 10.9. The molecule has 0 aromatic heterocycles. The van der Waals surface area contributed by atoms with E-state index in [9.17, 15) is 18.4 Å². The van der Waals surface area contributed by atoms with Gasteiger partial charge >= 0.3 is 0 Å². The molecule has 1 aliphatic carbocycles. The maximum atomic E-state index is 12.6. The fourth-order valence-corrected chi connectivity index (χ4v) is 3.43. The fraction of sp³-hybridized carbons (Fsp3) is 0.526. The first-order chi connectivity index (χ1) is 12.8. The molecular weight excluding hydrogens is 366 g/mol. The lowest BCUT2D eigenvalue weighted by atomic mass is 10.0. The number of nitrogens with zero attached hydrogens (tertiary/aromatic N) is 2. The smallest absolute Gasteiger partial charge is 0.240 e. The van der Waals surface area contributed by atoms with Gasteiger partial charge in [0.1, 0.15) is 0 Å². The van der Waals surface area contributed by atoms with Gasteiger partial charge < -0.3 is 10.1 Å². The molecule has 0 saturated carbocycles. The highest BCUT2D eigenvalue weighted by atomic mass is 32.2. The van der Waals surface area contributed by atoms with Gasteiger partial charge in [0.15, 0.2) is 0 Å². The first kappa shape index (κ1) is 23.3. The maximum Gasteiger partial charge on any atom is 0.240 e. The Morgan fingerprint density at radius 2 is 2.07 bits per heavy atom. The third-order valence-corrected chi connectivity index (χ3v) is 5.57. The average molecular weight is 398 g/mol. The van der Waals surface area contributed by atoms with Crippen LogP contribution in [0.4, 0.5) is 0 Å². The van der Waals surface area contributed by atoms with Crippen LogP contribution in [0.5, 0.6) is 0 Å². The molecular formula is C19H31N3O4S. The largest absolute Gasteiger partial charge is 0.339 e. The summed E-state index contributed by atoms with van der Waals surface area (Å²) < 4.78 is 26.0. The van der Waals surface area contributed by atoms with E-state index in [0.29, 0.717) is 32.6 Å². The Hall–Kier alpha value is -1.74. The topological polar surface area (TPSA) is 90.0 Å². The Morgan fingerprint density at radius 3 is 2.70 bits per heavy atom. The molecule has 0 bridgehead atoms. The number of carbonyl (C=O) groups excluding carboxylic acids is 1. The summed E-state index contributed by atoms with van der Waals surface area (Å²) in [6.07, 6.45) is 11.7. The molecule has 0 aromatic carbocycles. The molecule has 0 aromatic rings. The normalized spacial score (nSPS) is 16.9. The summed E-state index contributed by atoms with van der Waals surface area (Å²) in [7, 11) is -2.15. The maximum absolute atomic E-state index is 12.6. The van der Waals surface area contributed by atoms with Crippen molar-refractivity contribution in [2.75, 3.05) is 33.2 Å². The molecule has 0 saturated heterocycles. The molecule has 8 heteroatoms. The molecule has 0 radical (unpaired) electrons. The first-order valence-electron chi connectivity index (χ1n) is 9.16. The molecule has 152 valence electrons. The van der Waals surface area contributed by atoms with Crippen molar-refractivity contribution >= 4 is 15.9 Å². The van der Waals surface area contributed by atoms with Crippen molar-refractivity contribution in [3.8, 4) is 0 Å². The number of sulfonamides is 1. The van der Waals surface area contributed by atoms with Crippen LogP contribution in [-0.2, 0) is 14.8 Å². The molecule has 2 N–H and O–H groups in total. The fourth-order valence-electron chi connectivity index (χ4n) is 2.68. The minimum atomic E-state index is -3.51.